The number of aromatic nitrogens is 5. The summed E-state index contributed by atoms with van der Waals surface area (Å²) in [6.45, 7) is 3.97. The van der Waals surface area contributed by atoms with Gasteiger partial charge in [0, 0.05) is 31.6 Å². The lowest BCUT2D eigenvalue weighted by molar-refractivity contribution is -0.143. The highest BCUT2D eigenvalue weighted by atomic mass is 19.1. The first-order valence-electron chi connectivity index (χ1n) is 11.5. The third-order valence-electron chi connectivity index (χ3n) is 5.54. The Bertz CT molecular complexity index is 1210. The molecule has 36 heavy (non-hydrogen) atoms. The number of carbonyl (C=O) groups is 1. The second kappa shape index (κ2) is 11.8. The Hall–Kier alpha value is -3.70. The van der Waals surface area contributed by atoms with Crippen molar-refractivity contribution in [2.24, 2.45) is 7.05 Å². The normalized spacial score (nSPS) is 13.2. The number of halogens is 1. The Morgan fingerprint density at radius 3 is 2.50 bits per heavy atom. The van der Waals surface area contributed by atoms with E-state index in [4.69, 9.17) is 9.97 Å². The molecule has 0 aliphatic heterocycles. The van der Waals surface area contributed by atoms with Crippen LogP contribution in [-0.2, 0) is 16.6 Å². The summed E-state index contributed by atoms with van der Waals surface area (Å²) in [5.41, 5.74) is 2.55. The summed E-state index contributed by atoms with van der Waals surface area (Å²) in [5.74, 6) is -0.0511. The van der Waals surface area contributed by atoms with Gasteiger partial charge in [-0.3, -0.25) is 9.69 Å². The van der Waals surface area contributed by atoms with Gasteiger partial charge in [-0.25, -0.2) is 19.0 Å². The fraction of sp³-hybridized carbons (Fsp3) is 0.400. The van der Waals surface area contributed by atoms with Gasteiger partial charge in [-0.2, -0.15) is 10.1 Å². The molecule has 10 nitrogen and oxygen atoms in total. The summed E-state index contributed by atoms with van der Waals surface area (Å²) >= 11 is 0. The number of ether oxygens (including phenoxy) is 1. The Balaban J connectivity index is 2.06. The van der Waals surface area contributed by atoms with Crippen LogP contribution in [0.15, 0.2) is 36.7 Å². The Labute approximate surface area is 209 Å². The number of aliphatic hydroxyl groups excluding tert-OH is 2. The van der Waals surface area contributed by atoms with E-state index in [2.05, 4.69) is 14.8 Å². The van der Waals surface area contributed by atoms with Gasteiger partial charge in [0.05, 0.1) is 37.1 Å². The predicted molar refractivity (Wildman–Crippen MR) is 133 cm³/mol. The molecule has 0 amide bonds. The second-order valence-corrected chi connectivity index (χ2v) is 8.67. The lowest BCUT2D eigenvalue weighted by Gasteiger charge is -2.21. The van der Waals surface area contributed by atoms with Crippen LogP contribution in [0, 0.1) is 5.82 Å². The molecule has 2 atom stereocenters. The van der Waals surface area contributed by atoms with Crippen molar-refractivity contribution in [2.45, 2.75) is 44.8 Å². The van der Waals surface area contributed by atoms with Crippen molar-refractivity contribution in [1.82, 2.24) is 24.7 Å². The molecule has 1 aromatic carbocycles. The third kappa shape index (κ3) is 6.49. The highest BCUT2D eigenvalue weighted by Gasteiger charge is 2.21. The van der Waals surface area contributed by atoms with Crippen molar-refractivity contribution in [1.29, 1.82) is 0 Å². The van der Waals surface area contributed by atoms with Crippen LogP contribution in [0.4, 0.5) is 16.3 Å². The van der Waals surface area contributed by atoms with Crippen LogP contribution >= 0.6 is 0 Å². The lowest BCUT2D eigenvalue weighted by Crippen LogP contribution is -2.20. The SMILES string of the molecule is COC(=O)CC(O)C[C@H](O)/C=C/c1c(-c2ccc(F)cc2)nc(N(C)c2ncnn2C)nc1C(C)C. The Kier molecular flexibility index (Phi) is 8.83. The van der Waals surface area contributed by atoms with Crippen molar-refractivity contribution in [2.75, 3.05) is 19.1 Å². The van der Waals surface area contributed by atoms with E-state index in [9.17, 15) is 19.4 Å². The van der Waals surface area contributed by atoms with Gasteiger partial charge < -0.3 is 14.9 Å². The molecular weight excluding hydrogens is 467 g/mol. The maximum Gasteiger partial charge on any atom is 0.308 e. The molecule has 3 rings (SSSR count). The van der Waals surface area contributed by atoms with Crippen molar-refractivity contribution >= 4 is 23.9 Å². The molecule has 11 heteroatoms. The van der Waals surface area contributed by atoms with Crippen LogP contribution in [0.5, 0.6) is 0 Å². The summed E-state index contributed by atoms with van der Waals surface area (Å²) in [6.07, 6.45) is 2.28. The van der Waals surface area contributed by atoms with Gasteiger partial charge in [0.15, 0.2) is 0 Å². The van der Waals surface area contributed by atoms with Crippen LogP contribution in [-0.4, -0.2) is 67.3 Å². The quantitative estimate of drug-likeness (QED) is 0.406. The second-order valence-electron chi connectivity index (χ2n) is 8.67. The van der Waals surface area contributed by atoms with Gasteiger partial charge in [0.1, 0.15) is 12.1 Å². The van der Waals surface area contributed by atoms with Crippen molar-refractivity contribution in [3.63, 3.8) is 0 Å². The average molecular weight is 499 g/mol. The van der Waals surface area contributed by atoms with E-state index in [0.29, 0.717) is 34.4 Å². The minimum atomic E-state index is -1.06. The highest BCUT2D eigenvalue weighted by Crippen LogP contribution is 2.32. The predicted octanol–water partition coefficient (Wildman–Crippen LogP) is 2.99. The van der Waals surface area contributed by atoms with E-state index < -0.39 is 18.2 Å². The number of aliphatic hydroxyl groups is 2. The maximum atomic E-state index is 13.7. The van der Waals surface area contributed by atoms with Gasteiger partial charge in [-0.1, -0.05) is 26.0 Å². The van der Waals surface area contributed by atoms with Crippen LogP contribution in [0.2, 0.25) is 0 Å². The average Bonchev–Trinajstić information content (AvgIpc) is 3.27. The van der Waals surface area contributed by atoms with Crippen LogP contribution < -0.4 is 4.90 Å². The Morgan fingerprint density at radius 1 is 1.22 bits per heavy atom. The smallest absolute Gasteiger partial charge is 0.308 e. The van der Waals surface area contributed by atoms with E-state index in [1.165, 1.54) is 31.6 Å². The summed E-state index contributed by atoms with van der Waals surface area (Å²) in [4.78, 5) is 26.9. The molecule has 0 saturated heterocycles. The Morgan fingerprint density at radius 2 is 1.92 bits per heavy atom. The number of carbonyl (C=O) groups excluding carboxylic acids is 1. The number of methoxy groups -OCH3 is 1. The van der Waals surface area contributed by atoms with Crippen LogP contribution in [0.1, 0.15) is 43.9 Å². The first-order chi connectivity index (χ1) is 17.1. The van der Waals surface area contributed by atoms with Crippen LogP contribution in [0.25, 0.3) is 17.3 Å². The maximum absolute atomic E-state index is 13.7. The zero-order valence-electron chi connectivity index (χ0n) is 21.0. The molecule has 2 aromatic heterocycles. The van der Waals surface area contributed by atoms with E-state index >= 15 is 0 Å². The molecule has 0 spiro atoms. The van der Waals surface area contributed by atoms with Gasteiger partial charge in [0.2, 0.25) is 11.9 Å². The van der Waals surface area contributed by atoms with E-state index in [0.717, 1.165) is 0 Å². The van der Waals surface area contributed by atoms with Crippen molar-refractivity contribution in [3.8, 4) is 11.3 Å². The number of nitrogens with zero attached hydrogens (tertiary/aromatic N) is 6. The first-order valence-corrected chi connectivity index (χ1v) is 11.5. The number of rotatable bonds is 10. The fourth-order valence-electron chi connectivity index (χ4n) is 3.66. The molecule has 0 radical (unpaired) electrons. The summed E-state index contributed by atoms with van der Waals surface area (Å²) < 4.78 is 19.8. The van der Waals surface area contributed by atoms with E-state index in [-0.39, 0.29) is 24.6 Å². The molecule has 0 aliphatic carbocycles. The molecule has 192 valence electrons. The summed E-state index contributed by atoms with van der Waals surface area (Å²) in [6, 6.07) is 5.96. The molecule has 0 saturated carbocycles. The number of esters is 1. The zero-order chi connectivity index (χ0) is 26.4. The van der Waals surface area contributed by atoms with Crippen LogP contribution in [0.3, 0.4) is 0 Å². The molecule has 1 unspecified atom stereocenters. The topological polar surface area (TPSA) is 126 Å². The molecule has 2 N–H and O–H groups in total. The van der Waals surface area contributed by atoms with Gasteiger partial charge in [-0.15, -0.1) is 0 Å². The number of aryl methyl sites for hydroxylation is 1. The monoisotopic (exact) mass is 498 g/mol. The summed E-state index contributed by atoms with van der Waals surface area (Å²) in [5, 5.41) is 24.6. The largest absolute Gasteiger partial charge is 0.469 e. The number of benzene rings is 1. The van der Waals surface area contributed by atoms with E-state index in [1.807, 2.05) is 13.8 Å². The third-order valence-corrected chi connectivity index (χ3v) is 5.54. The lowest BCUT2D eigenvalue weighted by atomic mass is 9.97. The number of hydrogen-bond donors (Lipinski definition) is 2. The number of hydrogen-bond acceptors (Lipinski definition) is 9. The minimum absolute atomic E-state index is 0.0273. The molecule has 3 aromatic rings. The highest BCUT2D eigenvalue weighted by molar-refractivity contribution is 5.75. The standard InChI is InChI=1S/C25H31FN6O4/c1-15(2)22-20(11-10-18(33)12-19(34)13-21(35)36-5)23(16-6-8-17(26)9-7-16)30-24(29-22)31(3)25-27-14-28-32(25)4/h6-11,14-15,18-19,33-34H,12-13H2,1-5H3/b11-10+/t18-,19?/m1/s1. The number of anilines is 2. The first kappa shape index (κ1) is 26.9. The van der Waals surface area contributed by atoms with Gasteiger partial charge >= 0.3 is 5.97 Å². The molecular formula is C25H31FN6O4. The molecule has 0 aliphatic rings. The zero-order valence-corrected chi connectivity index (χ0v) is 21.0. The van der Waals surface area contributed by atoms with Gasteiger partial charge in [0.25, 0.3) is 0 Å². The summed E-state index contributed by atoms with van der Waals surface area (Å²) in [7, 11) is 4.78. The minimum Gasteiger partial charge on any atom is -0.469 e. The molecule has 2 heterocycles. The van der Waals surface area contributed by atoms with Gasteiger partial charge in [-0.05, 0) is 30.2 Å². The molecule has 0 bridgehead atoms. The molecule has 0 fully saturated rings. The van der Waals surface area contributed by atoms with E-state index in [1.54, 1.807) is 41.9 Å². The van der Waals surface area contributed by atoms with Crippen molar-refractivity contribution in [3.05, 3.63) is 53.7 Å². The fourth-order valence-corrected chi connectivity index (χ4v) is 3.66. The van der Waals surface area contributed by atoms with Crippen molar-refractivity contribution < 1.29 is 24.1 Å².